The van der Waals surface area contributed by atoms with E-state index in [9.17, 15) is 9.59 Å². The molecule has 1 atom stereocenters. The molecule has 1 aromatic carbocycles. The molecule has 132 valence electrons. The van der Waals surface area contributed by atoms with E-state index in [0.717, 1.165) is 11.6 Å². The van der Waals surface area contributed by atoms with Gasteiger partial charge in [-0.25, -0.2) is 0 Å². The Morgan fingerprint density at radius 1 is 1.12 bits per heavy atom. The van der Waals surface area contributed by atoms with Crippen molar-refractivity contribution in [2.45, 2.75) is 6.04 Å². The number of nitrogens with zero attached hydrogens (tertiary/aromatic N) is 2. The summed E-state index contributed by atoms with van der Waals surface area (Å²) in [6.07, 6.45) is 0. The minimum Gasteiger partial charge on any atom is -0.338 e. The van der Waals surface area contributed by atoms with Crippen LogP contribution in [0.3, 0.4) is 0 Å². The van der Waals surface area contributed by atoms with Gasteiger partial charge in [0.25, 0.3) is 5.91 Å². The summed E-state index contributed by atoms with van der Waals surface area (Å²) in [7, 11) is 0. The molecule has 2 aliphatic heterocycles. The lowest BCUT2D eigenvalue weighted by Crippen LogP contribution is -2.54. The molecule has 2 fully saturated rings. The second-order valence-corrected chi connectivity index (χ2v) is 7.31. The Kier molecular flexibility index (Phi) is 7.07. The first-order valence-electron chi connectivity index (χ1n) is 7.41. The molecule has 0 aromatic heterocycles. The molecule has 2 saturated heterocycles. The quantitative estimate of drug-likeness (QED) is 0.813. The van der Waals surface area contributed by atoms with Gasteiger partial charge in [-0.3, -0.25) is 14.9 Å². The van der Waals surface area contributed by atoms with Crippen LogP contribution in [0.15, 0.2) is 18.2 Å². The lowest BCUT2D eigenvalue weighted by Gasteiger charge is -2.36. The summed E-state index contributed by atoms with van der Waals surface area (Å²) in [5, 5.41) is 3.84. The van der Waals surface area contributed by atoms with E-state index in [0.29, 0.717) is 36.8 Å². The van der Waals surface area contributed by atoms with Crippen LogP contribution in [-0.4, -0.2) is 65.5 Å². The molecule has 2 amide bonds. The van der Waals surface area contributed by atoms with Crippen molar-refractivity contribution in [3.63, 3.8) is 0 Å². The summed E-state index contributed by atoms with van der Waals surface area (Å²) in [6.45, 7) is 2.11. The van der Waals surface area contributed by atoms with E-state index in [-0.39, 0.29) is 35.3 Å². The van der Waals surface area contributed by atoms with E-state index in [1.54, 1.807) is 34.9 Å². The molecule has 0 aliphatic carbocycles. The third-order valence-corrected chi connectivity index (χ3v) is 5.83. The van der Waals surface area contributed by atoms with Gasteiger partial charge < -0.3 is 9.80 Å². The number of hydrogen-bond acceptors (Lipinski definition) is 4. The average molecular weight is 411 g/mol. The monoisotopic (exact) mass is 409 g/mol. The number of piperazine rings is 1. The van der Waals surface area contributed by atoms with Crippen LogP contribution in [0.1, 0.15) is 10.4 Å². The predicted octanol–water partition coefficient (Wildman–Crippen LogP) is 2.36. The molecule has 0 bridgehead atoms. The molecule has 5 nitrogen and oxygen atoms in total. The van der Waals surface area contributed by atoms with Gasteiger partial charge in [0.1, 0.15) is 0 Å². The van der Waals surface area contributed by atoms with Gasteiger partial charge in [0.15, 0.2) is 0 Å². The number of amides is 2. The molecule has 24 heavy (non-hydrogen) atoms. The van der Waals surface area contributed by atoms with E-state index in [1.165, 1.54) is 0 Å². The zero-order chi connectivity index (χ0) is 16.4. The standard InChI is InChI=1S/C15H17Cl2N3O2S.ClH/c16-11-3-1-2-10(13(11)17)14(21)19-4-6-20(7-5-19)15(22)12-8-23-9-18-12;/h1-3,12,18H,4-9H2;1H. The average Bonchev–Trinajstić information content (AvgIpc) is 3.11. The lowest BCUT2D eigenvalue weighted by atomic mass is 10.1. The van der Waals surface area contributed by atoms with E-state index in [4.69, 9.17) is 23.2 Å². The predicted molar refractivity (Wildman–Crippen MR) is 100 cm³/mol. The van der Waals surface area contributed by atoms with Crippen LogP contribution in [0.4, 0.5) is 0 Å². The number of rotatable bonds is 2. The summed E-state index contributed by atoms with van der Waals surface area (Å²) >= 11 is 13.8. The Balaban J connectivity index is 0.00000208. The second kappa shape index (κ2) is 8.63. The normalized spacial score (nSPS) is 20.7. The Morgan fingerprint density at radius 3 is 2.42 bits per heavy atom. The second-order valence-electron chi connectivity index (χ2n) is 5.49. The zero-order valence-corrected chi connectivity index (χ0v) is 16.0. The molecule has 2 heterocycles. The molecular formula is C15H18Cl3N3O2S. The number of halogens is 3. The van der Waals surface area contributed by atoms with Crippen LogP contribution in [0, 0.1) is 0 Å². The van der Waals surface area contributed by atoms with Gasteiger partial charge in [0.2, 0.25) is 5.91 Å². The van der Waals surface area contributed by atoms with Crippen LogP contribution in [-0.2, 0) is 4.79 Å². The number of benzene rings is 1. The number of carbonyl (C=O) groups is 2. The number of carbonyl (C=O) groups excluding carboxylic acids is 2. The summed E-state index contributed by atoms with van der Waals surface area (Å²) < 4.78 is 0. The summed E-state index contributed by atoms with van der Waals surface area (Å²) in [4.78, 5) is 28.5. The van der Waals surface area contributed by atoms with Gasteiger partial charge in [0, 0.05) is 37.8 Å². The molecule has 3 rings (SSSR count). The van der Waals surface area contributed by atoms with Crippen molar-refractivity contribution in [1.29, 1.82) is 0 Å². The molecule has 0 saturated carbocycles. The van der Waals surface area contributed by atoms with Gasteiger partial charge in [0.05, 0.1) is 21.7 Å². The van der Waals surface area contributed by atoms with Crippen LogP contribution in [0.5, 0.6) is 0 Å². The maximum atomic E-state index is 12.6. The first kappa shape index (κ1) is 19.7. The molecule has 2 aliphatic rings. The number of nitrogens with one attached hydrogen (secondary N) is 1. The maximum absolute atomic E-state index is 12.6. The third kappa shape index (κ3) is 4.11. The highest BCUT2D eigenvalue weighted by Crippen LogP contribution is 2.27. The van der Waals surface area contributed by atoms with Crippen molar-refractivity contribution >= 4 is 59.2 Å². The van der Waals surface area contributed by atoms with Crippen molar-refractivity contribution in [2.24, 2.45) is 0 Å². The van der Waals surface area contributed by atoms with Crippen molar-refractivity contribution in [1.82, 2.24) is 15.1 Å². The first-order chi connectivity index (χ1) is 11.1. The smallest absolute Gasteiger partial charge is 0.255 e. The summed E-state index contributed by atoms with van der Waals surface area (Å²) in [6, 6.07) is 4.95. The van der Waals surface area contributed by atoms with Crippen LogP contribution in [0.2, 0.25) is 10.0 Å². The Bertz CT molecular complexity index is 618. The van der Waals surface area contributed by atoms with Crippen LogP contribution >= 0.6 is 47.4 Å². The van der Waals surface area contributed by atoms with E-state index >= 15 is 0 Å². The fourth-order valence-corrected chi connectivity index (χ4v) is 4.06. The van der Waals surface area contributed by atoms with Crippen molar-refractivity contribution in [3.8, 4) is 0 Å². The van der Waals surface area contributed by atoms with Gasteiger partial charge in [-0.05, 0) is 12.1 Å². The van der Waals surface area contributed by atoms with Gasteiger partial charge in [-0.1, -0.05) is 29.3 Å². The molecule has 0 spiro atoms. The summed E-state index contributed by atoms with van der Waals surface area (Å²) in [5.41, 5.74) is 0.410. The zero-order valence-electron chi connectivity index (χ0n) is 12.8. The van der Waals surface area contributed by atoms with E-state index in [2.05, 4.69) is 5.32 Å². The molecule has 1 aromatic rings. The molecule has 9 heteroatoms. The lowest BCUT2D eigenvalue weighted by molar-refractivity contribution is -0.134. The molecule has 1 N–H and O–H groups in total. The van der Waals surface area contributed by atoms with Crippen molar-refractivity contribution in [2.75, 3.05) is 37.8 Å². The van der Waals surface area contributed by atoms with E-state index in [1.807, 2.05) is 4.90 Å². The highest BCUT2D eigenvalue weighted by Gasteiger charge is 2.31. The highest BCUT2D eigenvalue weighted by molar-refractivity contribution is 7.99. The Morgan fingerprint density at radius 2 is 1.79 bits per heavy atom. The molecule has 0 radical (unpaired) electrons. The van der Waals surface area contributed by atoms with Gasteiger partial charge in [-0.2, -0.15) is 0 Å². The maximum Gasteiger partial charge on any atom is 0.255 e. The minimum absolute atomic E-state index is 0. The van der Waals surface area contributed by atoms with Crippen LogP contribution < -0.4 is 5.32 Å². The summed E-state index contributed by atoms with van der Waals surface area (Å²) in [5.74, 6) is 1.63. The third-order valence-electron chi connectivity index (χ3n) is 4.07. The van der Waals surface area contributed by atoms with Gasteiger partial charge >= 0.3 is 0 Å². The fraction of sp³-hybridized carbons (Fsp3) is 0.467. The Labute approximate surface area is 161 Å². The topological polar surface area (TPSA) is 52.7 Å². The first-order valence-corrected chi connectivity index (χ1v) is 9.32. The highest BCUT2D eigenvalue weighted by atomic mass is 35.5. The largest absolute Gasteiger partial charge is 0.338 e. The SMILES string of the molecule is Cl.O=C(c1cccc(Cl)c1Cl)N1CCN(C(=O)C2CSCN2)CC1. The van der Waals surface area contributed by atoms with Crippen molar-refractivity contribution < 1.29 is 9.59 Å². The fourth-order valence-electron chi connectivity index (χ4n) is 2.74. The number of thioether (sulfide) groups is 1. The van der Waals surface area contributed by atoms with Crippen molar-refractivity contribution in [3.05, 3.63) is 33.8 Å². The van der Waals surface area contributed by atoms with E-state index < -0.39 is 0 Å². The molecular weight excluding hydrogens is 393 g/mol. The Hall–Kier alpha value is -0.660. The minimum atomic E-state index is -0.140. The number of hydrogen-bond donors (Lipinski definition) is 1. The van der Waals surface area contributed by atoms with Crippen LogP contribution in [0.25, 0.3) is 0 Å². The molecule has 1 unspecified atom stereocenters. The van der Waals surface area contributed by atoms with Gasteiger partial charge in [-0.15, -0.1) is 24.2 Å².